The molecule has 18 heavy (non-hydrogen) atoms. The van der Waals surface area contributed by atoms with Crippen molar-refractivity contribution in [2.45, 2.75) is 12.7 Å². The number of halogens is 4. The Balaban J connectivity index is 3.20. The summed E-state index contributed by atoms with van der Waals surface area (Å²) < 4.78 is 38.6. The average Bonchev–Trinajstić information content (AvgIpc) is 2.52. The number of aromatic nitrogens is 2. The van der Waals surface area contributed by atoms with Crippen molar-refractivity contribution in [1.29, 1.82) is 0 Å². The van der Waals surface area contributed by atoms with Crippen molar-refractivity contribution in [3.8, 4) is 0 Å². The first-order valence-electron chi connectivity index (χ1n) is 4.86. The van der Waals surface area contributed by atoms with E-state index in [1.807, 2.05) is 0 Å². The van der Waals surface area contributed by atoms with Gasteiger partial charge in [0.2, 0.25) is 0 Å². The number of aromatic carboxylic acids is 1. The van der Waals surface area contributed by atoms with Crippen LogP contribution in [0.5, 0.6) is 0 Å². The van der Waals surface area contributed by atoms with E-state index in [0.717, 1.165) is 4.68 Å². The molecule has 0 bridgehead atoms. The number of carboxylic acids is 1. The summed E-state index contributed by atoms with van der Waals surface area (Å²) in [5, 5.41) is 11.5. The van der Waals surface area contributed by atoms with Crippen LogP contribution in [-0.2, 0) is 12.7 Å². The lowest BCUT2D eigenvalue weighted by Gasteiger charge is -2.09. The first-order valence-corrected chi connectivity index (χ1v) is 5.24. The summed E-state index contributed by atoms with van der Waals surface area (Å²) in [6.07, 6.45) is -4.85. The highest BCUT2D eigenvalue weighted by molar-refractivity contribution is 6.32. The SMILES string of the molecule is CN(C)CCn1nc(C(F)(F)F)c(C(=O)O)c1Cl. The third-order valence-electron chi connectivity index (χ3n) is 2.13. The van der Waals surface area contributed by atoms with Gasteiger partial charge in [0.05, 0.1) is 6.54 Å². The molecule has 5 nitrogen and oxygen atoms in total. The highest BCUT2D eigenvalue weighted by Gasteiger charge is 2.41. The molecule has 0 amide bonds. The Morgan fingerprint density at radius 1 is 1.50 bits per heavy atom. The average molecular weight is 286 g/mol. The van der Waals surface area contributed by atoms with Crippen LogP contribution in [0.3, 0.4) is 0 Å². The molecule has 1 aromatic heterocycles. The van der Waals surface area contributed by atoms with Gasteiger partial charge in [0.25, 0.3) is 0 Å². The van der Waals surface area contributed by atoms with Crippen molar-refractivity contribution in [2.75, 3.05) is 20.6 Å². The molecule has 0 radical (unpaired) electrons. The second-order valence-electron chi connectivity index (χ2n) is 3.84. The van der Waals surface area contributed by atoms with Gasteiger partial charge in [0.15, 0.2) is 5.69 Å². The molecule has 1 heterocycles. The zero-order valence-electron chi connectivity index (χ0n) is 9.62. The van der Waals surface area contributed by atoms with Crippen LogP contribution in [0.25, 0.3) is 0 Å². The molecule has 0 aliphatic carbocycles. The van der Waals surface area contributed by atoms with E-state index < -0.39 is 28.6 Å². The standard InChI is InChI=1S/C9H11ClF3N3O2/c1-15(2)3-4-16-7(10)5(8(17)18)6(14-16)9(11,12)13/h3-4H2,1-2H3,(H,17,18). The van der Waals surface area contributed by atoms with Gasteiger partial charge in [-0.3, -0.25) is 4.68 Å². The van der Waals surface area contributed by atoms with E-state index in [9.17, 15) is 18.0 Å². The minimum atomic E-state index is -4.85. The van der Waals surface area contributed by atoms with Gasteiger partial charge in [-0.25, -0.2) is 4.79 Å². The second kappa shape index (κ2) is 5.15. The molecule has 0 saturated heterocycles. The molecule has 0 aromatic carbocycles. The fourth-order valence-corrected chi connectivity index (χ4v) is 1.56. The van der Waals surface area contributed by atoms with Crippen molar-refractivity contribution in [1.82, 2.24) is 14.7 Å². The van der Waals surface area contributed by atoms with Crippen molar-refractivity contribution in [3.05, 3.63) is 16.4 Å². The summed E-state index contributed by atoms with van der Waals surface area (Å²) in [7, 11) is 3.44. The highest BCUT2D eigenvalue weighted by Crippen LogP contribution is 2.34. The summed E-state index contributed by atoms with van der Waals surface area (Å²) in [5.74, 6) is -1.75. The molecule has 0 fully saturated rings. The number of likely N-dealkylation sites (N-methyl/N-ethyl adjacent to an activating group) is 1. The Labute approximate surface area is 106 Å². The van der Waals surface area contributed by atoms with Gasteiger partial charge < -0.3 is 10.0 Å². The fourth-order valence-electron chi connectivity index (χ4n) is 1.27. The highest BCUT2D eigenvalue weighted by atomic mass is 35.5. The molecular formula is C9H11ClF3N3O2. The van der Waals surface area contributed by atoms with E-state index in [-0.39, 0.29) is 6.54 Å². The molecule has 0 aliphatic heterocycles. The molecule has 0 unspecified atom stereocenters. The van der Waals surface area contributed by atoms with Crippen LogP contribution in [0.15, 0.2) is 0 Å². The van der Waals surface area contributed by atoms with Crippen LogP contribution in [0.2, 0.25) is 5.15 Å². The predicted octanol–water partition coefficient (Wildman–Crippen LogP) is 1.82. The summed E-state index contributed by atoms with van der Waals surface area (Å²) in [6, 6.07) is 0. The van der Waals surface area contributed by atoms with Gasteiger partial charge in [-0.1, -0.05) is 11.6 Å². The number of hydrogen-bond donors (Lipinski definition) is 1. The lowest BCUT2D eigenvalue weighted by atomic mass is 10.2. The molecule has 0 aliphatic rings. The number of rotatable bonds is 4. The van der Waals surface area contributed by atoms with Crippen molar-refractivity contribution in [2.24, 2.45) is 0 Å². The first kappa shape index (κ1) is 14.8. The van der Waals surface area contributed by atoms with Crippen LogP contribution in [0.4, 0.5) is 13.2 Å². The molecule has 0 spiro atoms. The maximum atomic E-state index is 12.6. The monoisotopic (exact) mass is 285 g/mol. The van der Waals surface area contributed by atoms with Crippen LogP contribution in [0, 0.1) is 0 Å². The van der Waals surface area contributed by atoms with E-state index in [1.54, 1.807) is 19.0 Å². The molecule has 9 heteroatoms. The Hall–Kier alpha value is -1.28. The lowest BCUT2D eigenvalue weighted by Crippen LogP contribution is -2.19. The van der Waals surface area contributed by atoms with E-state index in [2.05, 4.69) is 5.10 Å². The lowest BCUT2D eigenvalue weighted by molar-refractivity contribution is -0.142. The summed E-state index contributed by atoms with van der Waals surface area (Å²) in [6.45, 7) is 0.458. The molecule has 1 aromatic rings. The minimum Gasteiger partial charge on any atom is -0.478 e. The van der Waals surface area contributed by atoms with E-state index in [4.69, 9.17) is 16.7 Å². The molecule has 0 saturated carbocycles. The smallest absolute Gasteiger partial charge is 0.436 e. The van der Waals surface area contributed by atoms with E-state index >= 15 is 0 Å². The largest absolute Gasteiger partial charge is 0.478 e. The van der Waals surface area contributed by atoms with Gasteiger partial charge in [-0.15, -0.1) is 0 Å². The molecular weight excluding hydrogens is 275 g/mol. The number of hydrogen-bond acceptors (Lipinski definition) is 3. The zero-order valence-corrected chi connectivity index (χ0v) is 10.4. The molecule has 102 valence electrons. The number of nitrogens with zero attached hydrogens (tertiary/aromatic N) is 3. The third-order valence-corrected chi connectivity index (χ3v) is 2.52. The van der Waals surface area contributed by atoms with Gasteiger partial charge in [0, 0.05) is 6.54 Å². The Morgan fingerprint density at radius 3 is 2.39 bits per heavy atom. The van der Waals surface area contributed by atoms with Gasteiger partial charge >= 0.3 is 12.1 Å². The number of carboxylic acid groups (broad SMARTS) is 1. The molecule has 1 rings (SSSR count). The Bertz CT molecular complexity index is 457. The second-order valence-corrected chi connectivity index (χ2v) is 4.20. The van der Waals surface area contributed by atoms with E-state index in [0.29, 0.717) is 6.54 Å². The molecule has 0 atom stereocenters. The van der Waals surface area contributed by atoms with Crippen molar-refractivity contribution >= 4 is 17.6 Å². The van der Waals surface area contributed by atoms with E-state index in [1.165, 1.54) is 0 Å². The third kappa shape index (κ3) is 3.14. The van der Waals surface area contributed by atoms with Crippen molar-refractivity contribution in [3.63, 3.8) is 0 Å². The van der Waals surface area contributed by atoms with Crippen LogP contribution < -0.4 is 0 Å². The van der Waals surface area contributed by atoms with Gasteiger partial charge in [0.1, 0.15) is 10.7 Å². The number of alkyl halides is 3. The zero-order chi connectivity index (χ0) is 14.1. The van der Waals surface area contributed by atoms with Crippen LogP contribution in [0.1, 0.15) is 16.1 Å². The fraction of sp³-hybridized carbons (Fsp3) is 0.556. The van der Waals surface area contributed by atoms with Gasteiger partial charge in [-0.2, -0.15) is 18.3 Å². The quantitative estimate of drug-likeness (QED) is 0.917. The maximum absolute atomic E-state index is 12.6. The maximum Gasteiger partial charge on any atom is 0.436 e. The normalized spacial score (nSPS) is 12.2. The van der Waals surface area contributed by atoms with Crippen LogP contribution >= 0.6 is 11.6 Å². The summed E-state index contributed by atoms with van der Waals surface area (Å²) in [5.41, 5.74) is -2.48. The first-order chi connectivity index (χ1) is 8.14. The summed E-state index contributed by atoms with van der Waals surface area (Å²) in [4.78, 5) is 12.5. The van der Waals surface area contributed by atoms with Crippen LogP contribution in [-0.4, -0.2) is 46.4 Å². The Morgan fingerprint density at radius 2 is 2.06 bits per heavy atom. The topological polar surface area (TPSA) is 58.4 Å². The van der Waals surface area contributed by atoms with Crippen molar-refractivity contribution < 1.29 is 23.1 Å². The summed E-state index contributed by atoms with van der Waals surface area (Å²) >= 11 is 5.62. The molecule has 1 N–H and O–H groups in total. The number of carbonyl (C=O) groups is 1. The minimum absolute atomic E-state index is 0.0716. The predicted molar refractivity (Wildman–Crippen MR) is 57.8 cm³/mol. The Kier molecular flexibility index (Phi) is 4.23. The van der Waals surface area contributed by atoms with Gasteiger partial charge in [-0.05, 0) is 14.1 Å².